The predicted molar refractivity (Wildman–Crippen MR) is 134 cm³/mol. The minimum absolute atomic E-state index is 0.0677. The molecular formula is C25H18Cl2N2O4S. The van der Waals surface area contributed by atoms with Crippen LogP contribution in [0.3, 0.4) is 0 Å². The summed E-state index contributed by atoms with van der Waals surface area (Å²) in [5.41, 5.74) is 0.00576. The largest absolute Gasteiger partial charge is 0.497 e. The topological polar surface area (TPSA) is 92.3 Å². The van der Waals surface area contributed by atoms with Crippen LogP contribution in [0.5, 0.6) is 11.6 Å². The molecule has 172 valence electrons. The molecule has 4 aromatic rings. The Morgan fingerprint density at radius 1 is 1.21 bits per heavy atom. The summed E-state index contributed by atoms with van der Waals surface area (Å²) < 4.78 is 6.92. The van der Waals surface area contributed by atoms with E-state index in [0.717, 1.165) is 21.5 Å². The molecule has 0 aliphatic rings. The fourth-order valence-corrected chi connectivity index (χ4v) is 5.70. The van der Waals surface area contributed by atoms with E-state index < -0.39 is 17.2 Å². The van der Waals surface area contributed by atoms with E-state index in [0.29, 0.717) is 27.3 Å². The fraction of sp³-hybridized carbons (Fsp3) is 0.160. The van der Waals surface area contributed by atoms with Crippen molar-refractivity contribution in [1.82, 2.24) is 4.57 Å². The van der Waals surface area contributed by atoms with E-state index in [4.69, 9.17) is 27.9 Å². The van der Waals surface area contributed by atoms with Gasteiger partial charge in [-0.2, -0.15) is 5.26 Å². The van der Waals surface area contributed by atoms with Gasteiger partial charge in [0.1, 0.15) is 17.4 Å². The number of nitriles is 1. The van der Waals surface area contributed by atoms with Crippen LogP contribution >= 0.6 is 34.5 Å². The number of ketones is 1. The first kappa shape index (κ1) is 23.8. The van der Waals surface area contributed by atoms with Crippen LogP contribution < -0.4 is 10.3 Å². The van der Waals surface area contributed by atoms with E-state index in [1.807, 2.05) is 18.2 Å². The Hall–Kier alpha value is -3.31. The number of aromatic nitrogens is 1. The number of carbonyl (C=O) groups excluding carboxylic acids is 1. The molecule has 6 nitrogen and oxygen atoms in total. The zero-order valence-electron chi connectivity index (χ0n) is 18.2. The summed E-state index contributed by atoms with van der Waals surface area (Å²) in [6.45, 7) is 1.53. The highest BCUT2D eigenvalue weighted by atomic mass is 35.5. The van der Waals surface area contributed by atoms with Gasteiger partial charge in [-0.05, 0) is 48.7 Å². The number of halogens is 2. The van der Waals surface area contributed by atoms with Crippen molar-refractivity contribution in [2.45, 2.75) is 19.9 Å². The normalized spacial score (nSPS) is 10.9. The summed E-state index contributed by atoms with van der Waals surface area (Å²) >= 11 is 13.9. The van der Waals surface area contributed by atoms with E-state index >= 15 is 0 Å². The van der Waals surface area contributed by atoms with Gasteiger partial charge in [0.2, 0.25) is 11.7 Å². The number of aromatic hydroxyl groups is 1. The Morgan fingerprint density at radius 2 is 1.91 bits per heavy atom. The number of hydrogen-bond acceptors (Lipinski definition) is 6. The minimum atomic E-state index is -0.659. The van der Waals surface area contributed by atoms with Crippen LogP contribution in [0, 0.1) is 18.3 Å². The molecule has 0 atom stereocenters. The smallest absolute Gasteiger partial charge is 0.271 e. The van der Waals surface area contributed by atoms with Crippen molar-refractivity contribution in [3.63, 3.8) is 0 Å². The van der Waals surface area contributed by atoms with Crippen LogP contribution in [-0.4, -0.2) is 22.6 Å². The molecule has 0 radical (unpaired) electrons. The van der Waals surface area contributed by atoms with E-state index in [1.165, 1.54) is 6.92 Å². The lowest BCUT2D eigenvalue weighted by Crippen LogP contribution is -2.27. The molecule has 4 rings (SSSR count). The van der Waals surface area contributed by atoms with Gasteiger partial charge in [0, 0.05) is 16.6 Å². The van der Waals surface area contributed by atoms with Crippen molar-refractivity contribution in [3.05, 3.63) is 90.0 Å². The van der Waals surface area contributed by atoms with Crippen LogP contribution in [0.4, 0.5) is 0 Å². The molecular weight excluding hydrogens is 495 g/mol. The van der Waals surface area contributed by atoms with Gasteiger partial charge in [0.05, 0.1) is 27.6 Å². The first-order chi connectivity index (χ1) is 16.3. The van der Waals surface area contributed by atoms with Gasteiger partial charge < -0.3 is 9.84 Å². The highest BCUT2D eigenvalue weighted by Gasteiger charge is 2.28. The first-order valence-corrected chi connectivity index (χ1v) is 11.8. The molecule has 0 amide bonds. The summed E-state index contributed by atoms with van der Waals surface area (Å²) in [5.74, 6) is -0.384. The summed E-state index contributed by atoms with van der Waals surface area (Å²) in [4.78, 5) is 26.7. The predicted octanol–water partition coefficient (Wildman–Crippen LogP) is 5.74. The second kappa shape index (κ2) is 9.51. The molecule has 0 saturated heterocycles. The summed E-state index contributed by atoms with van der Waals surface area (Å²) in [6.07, 6.45) is 0.387. The van der Waals surface area contributed by atoms with Crippen molar-refractivity contribution in [2.24, 2.45) is 0 Å². The van der Waals surface area contributed by atoms with E-state index in [2.05, 4.69) is 0 Å². The van der Waals surface area contributed by atoms with Gasteiger partial charge in [0.25, 0.3) is 5.56 Å². The maximum absolute atomic E-state index is 13.6. The number of pyridine rings is 1. The molecule has 2 aromatic carbocycles. The fourth-order valence-electron chi connectivity index (χ4n) is 3.79. The van der Waals surface area contributed by atoms with E-state index in [1.54, 1.807) is 37.4 Å². The molecule has 34 heavy (non-hydrogen) atoms. The highest BCUT2D eigenvalue weighted by molar-refractivity contribution is 7.22. The maximum atomic E-state index is 13.6. The second-order valence-electron chi connectivity index (χ2n) is 7.55. The van der Waals surface area contributed by atoms with E-state index in [9.17, 15) is 20.0 Å². The number of fused-ring (bicyclic) bond motifs is 1. The lowest BCUT2D eigenvalue weighted by molar-refractivity contribution is 0.103. The highest BCUT2D eigenvalue weighted by Crippen LogP contribution is 2.41. The molecule has 9 heteroatoms. The third-order valence-electron chi connectivity index (χ3n) is 5.62. The standard InChI is InChI=1S/C25H18Cl2N2O4S/c1-13-16(12-28)24(31)29(11-10-14-6-8-15(33-2)9-7-14)25(32)19(13)22(30)23-21(27)20-17(26)4-3-5-18(20)34-23/h3-9,32H,10-11H2,1-2H3. The molecule has 0 spiro atoms. The Labute approximate surface area is 209 Å². The number of thiophene rings is 1. The molecule has 0 fully saturated rings. The van der Waals surface area contributed by atoms with Crippen molar-refractivity contribution in [1.29, 1.82) is 5.26 Å². The molecule has 0 bridgehead atoms. The van der Waals surface area contributed by atoms with Crippen LogP contribution in [-0.2, 0) is 13.0 Å². The minimum Gasteiger partial charge on any atom is -0.497 e. The quantitative estimate of drug-likeness (QED) is 0.332. The Balaban J connectivity index is 1.81. The van der Waals surface area contributed by atoms with Gasteiger partial charge in [-0.15, -0.1) is 11.3 Å². The number of nitrogens with zero attached hydrogens (tertiary/aromatic N) is 2. The summed E-state index contributed by atoms with van der Waals surface area (Å²) in [6, 6.07) is 14.4. The molecule has 2 heterocycles. The maximum Gasteiger partial charge on any atom is 0.271 e. The first-order valence-electron chi connectivity index (χ1n) is 10.2. The number of carbonyl (C=O) groups is 1. The molecule has 2 aromatic heterocycles. The van der Waals surface area contributed by atoms with Crippen LogP contribution in [0.15, 0.2) is 47.3 Å². The Morgan fingerprint density at radius 3 is 2.53 bits per heavy atom. The van der Waals surface area contributed by atoms with Gasteiger partial charge in [0.15, 0.2) is 0 Å². The summed E-state index contributed by atoms with van der Waals surface area (Å²) in [5, 5.41) is 21.8. The zero-order chi connectivity index (χ0) is 24.6. The number of methoxy groups -OCH3 is 1. The van der Waals surface area contributed by atoms with Crippen molar-refractivity contribution >= 4 is 50.4 Å². The Kier molecular flexibility index (Phi) is 6.67. The Bertz CT molecular complexity index is 1530. The lowest BCUT2D eigenvalue weighted by atomic mass is 10.0. The van der Waals surface area contributed by atoms with Crippen LogP contribution in [0.2, 0.25) is 10.0 Å². The molecule has 0 aliphatic carbocycles. The van der Waals surface area contributed by atoms with Crippen molar-refractivity contribution in [2.75, 3.05) is 7.11 Å². The number of benzene rings is 2. The van der Waals surface area contributed by atoms with Crippen molar-refractivity contribution in [3.8, 4) is 17.7 Å². The average Bonchev–Trinajstić information content (AvgIpc) is 3.17. The SMILES string of the molecule is COc1ccc(CCn2c(O)c(C(=O)c3sc4cccc(Cl)c4c3Cl)c(C)c(C#N)c2=O)cc1. The third kappa shape index (κ3) is 4.05. The molecule has 0 saturated carbocycles. The third-order valence-corrected chi connectivity index (χ3v) is 7.58. The monoisotopic (exact) mass is 512 g/mol. The van der Waals surface area contributed by atoms with Crippen LogP contribution in [0.1, 0.15) is 31.9 Å². The molecule has 0 unspecified atom stereocenters. The number of rotatable bonds is 6. The summed E-state index contributed by atoms with van der Waals surface area (Å²) in [7, 11) is 1.57. The van der Waals surface area contributed by atoms with Gasteiger partial charge in [-0.1, -0.05) is 41.4 Å². The number of ether oxygens (including phenoxy) is 1. The average molecular weight is 513 g/mol. The van der Waals surface area contributed by atoms with E-state index in [-0.39, 0.29) is 33.1 Å². The number of hydrogen-bond donors (Lipinski definition) is 1. The van der Waals surface area contributed by atoms with Crippen molar-refractivity contribution < 1.29 is 14.6 Å². The lowest BCUT2D eigenvalue weighted by Gasteiger charge is -2.15. The van der Waals surface area contributed by atoms with Gasteiger partial charge in [-0.25, -0.2) is 0 Å². The van der Waals surface area contributed by atoms with Gasteiger partial charge in [-0.3, -0.25) is 14.2 Å². The second-order valence-corrected chi connectivity index (χ2v) is 9.39. The number of aryl methyl sites for hydroxylation is 1. The van der Waals surface area contributed by atoms with Crippen LogP contribution in [0.25, 0.3) is 10.1 Å². The molecule has 1 N–H and O–H groups in total. The van der Waals surface area contributed by atoms with Gasteiger partial charge >= 0.3 is 0 Å². The molecule has 0 aliphatic heterocycles. The zero-order valence-corrected chi connectivity index (χ0v) is 20.5.